The zero-order chi connectivity index (χ0) is 16.1. The Labute approximate surface area is 129 Å². The molecule has 3 amide bonds. The van der Waals surface area contributed by atoms with E-state index >= 15 is 0 Å². The molecule has 0 bridgehead atoms. The average molecular weight is 303 g/mol. The van der Waals surface area contributed by atoms with Gasteiger partial charge in [0, 0.05) is 5.92 Å². The van der Waals surface area contributed by atoms with Gasteiger partial charge in [-0.3, -0.25) is 14.4 Å². The van der Waals surface area contributed by atoms with E-state index in [1.54, 1.807) is 0 Å². The lowest BCUT2D eigenvalue weighted by molar-refractivity contribution is -0.141. The minimum atomic E-state index is -0.646. The van der Waals surface area contributed by atoms with Crippen molar-refractivity contribution >= 4 is 17.7 Å². The third-order valence-corrected chi connectivity index (χ3v) is 4.06. The van der Waals surface area contributed by atoms with Crippen molar-refractivity contribution in [1.29, 1.82) is 0 Å². The van der Waals surface area contributed by atoms with Crippen molar-refractivity contribution in [3.8, 4) is 0 Å². The summed E-state index contributed by atoms with van der Waals surface area (Å²) in [7, 11) is 0. The minimum Gasteiger partial charge on any atom is -0.368 e. The maximum Gasteiger partial charge on any atom is 0.237 e. The topological polar surface area (TPSA) is 106 Å². The van der Waals surface area contributed by atoms with E-state index in [0.29, 0.717) is 5.92 Å². The molecule has 1 fully saturated rings. The Morgan fingerprint density at radius 2 is 1.59 bits per heavy atom. The maximum absolute atomic E-state index is 12.5. The monoisotopic (exact) mass is 303 g/mol. The Bertz CT molecular complexity index is 543. The molecule has 0 unspecified atom stereocenters. The fraction of sp³-hybridized carbons (Fsp3) is 0.438. The van der Waals surface area contributed by atoms with E-state index in [2.05, 4.69) is 12.1 Å². The number of amides is 3. The van der Waals surface area contributed by atoms with Crippen molar-refractivity contribution in [1.82, 2.24) is 4.90 Å². The Morgan fingerprint density at radius 3 is 2.14 bits per heavy atom. The number of carbonyl (C=O) groups is 3. The van der Waals surface area contributed by atoms with Gasteiger partial charge in [0.25, 0.3) is 0 Å². The predicted octanol–water partition coefficient (Wildman–Crippen LogP) is 0.370. The number of primary amides is 2. The number of rotatable bonds is 6. The quantitative estimate of drug-likeness (QED) is 0.792. The first kappa shape index (κ1) is 16.0. The van der Waals surface area contributed by atoms with Crippen molar-refractivity contribution in [3.63, 3.8) is 0 Å². The van der Waals surface area contributed by atoms with E-state index in [9.17, 15) is 14.4 Å². The third-order valence-electron chi connectivity index (χ3n) is 4.06. The van der Waals surface area contributed by atoms with Gasteiger partial charge >= 0.3 is 0 Å². The molecule has 1 saturated carbocycles. The van der Waals surface area contributed by atoms with Crippen LogP contribution in [0.3, 0.4) is 0 Å². The van der Waals surface area contributed by atoms with Crippen molar-refractivity contribution in [2.45, 2.75) is 25.2 Å². The lowest BCUT2D eigenvalue weighted by atomic mass is 9.96. The van der Waals surface area contributed by atoms with E-state index in [1.807, 2.05) is 18.2 Å². The van der Waals surface area contributed by atoms with E-state index in [1.165, 1.54) is 10.5 Å². The van der Waals surface area contributed by atoms with Gasteiger partial charge in [0.15, 0.2) is 0 Å². The molecule has 22 heavy (non-hydrogen) atoms. The zero-order valence-corrected chi connectivity index (χ0v) is 12.4. The molecule has 1 aliphatic rings. The Kier molecular flexibility index (Phi) is 5.14. The molecule has 0 spiro atoms. The number of hydrogen-bond donors (Lipinski definition) is 2. The highest BCUT2D eigenvalue weighted by atomic mass is 16.2. The van der Waals surface area contributed by atoms with Gasteiger partial charge in [-0.15, -0.1) is 0 Å². The molecule has 1 aromatic rings. The zero-order valence-electron chi connectivity index (χ0n) is 12.4. The predicted molar refractivity (Wildman–Crippen MR) is 81.5 cm³/mol. The summed E-state index contributed by atoms with van der Waals surface area (Å²) in [5, 5.41) is 0. The van der Waals surface area contributed by atoms with Crippen LogP contribution < -0.4 is 11.5 Å². The van der Waals surface area contributed by atoms with E-state index < -0.39 is 11.8 Å². The fourth-order valence-electron chi connectivity index (χ4n) is 3.08. The summed E-state index contributed by atoms with van der Waals surface area (Å²) >= 11 is 0. The molecule has 6 nitrogen and oxygen atoms in total. The van der Waals surface area contributed by atoms with E-state index in [0.717, 1.165) is 19.3 Å². The highest BCUT2D eigenvalue weighted by Gasteiger charge is 2.34. The molecule has 0 saturated heterocycles. The average Bonchev–Trinajstić information content (AvgIpc) is 2.95. The molecule has 4 N–H and O–H groups in total. The van der Waals surface area contributed by atoms with Gasteiger partial charge in [0.05, 0.1) is 13.1 Å². The lowest BCUT2D eigenvalue weighted by Crippen LogP contribution is -2.45. The van der Waals surface area contributed by atoms with Crippen LogP contribution >= 0.6 is 0 Å². The van der Waals surface area contributed by atoms with Crippen molar-refractivity contribution in [3.05, 3.63) is 35.9 Å². The summed E-state index contributed by atoms with van der Waals surface area (Å²) in [5.41, 5.74) is 11.5. The Hall–Kier alpha value is -2.37. The number of nitrogens with zero attached hydrogens (tertiary/aromatic N) is 1. The van der Waals surface area contributed by atoms with Gasteiger partial charge in [-0.2, -0.15) is 0 Å². The maximum atomic E-state index is 12.5. The molecule has 0 radical (unpaired) electrons. The number of hydrogen-bond acceptors (Lipinski definition) is 3. The summed E-state index contributed by atoms with van der Waals surface area (Å²) in [5.74, 6) is -1.36. The van der Waals surface area contributed by atoms with Crippen LogP contribution in [0.2, 0.25) is 0 Å². The number of carbonyl (C=O) groups excluding carboxylic acids is 3. The summed E-state index contributed by atoms with van der Waals surface area (Å²) in [4.78, 5) is 35.8. The van der Waals surface area contributed by atoms with Crippen LogP contribution in [0.4, 0.5) is 0 Å². The summed E-state index contributed by atoms with van der Waals surface area (Å²) in [6, 6.07) is 10.0. The van der Waals surface area contributed by atoms with Gasteiger partial charge in [-0.25, -0.2) is 0 Å². The summed E-state index contributed by atoms with van der Waals surface area (Å²) in [6.07, 6.45) is 2.38. The first-order valence-corrected chi connectivity index (χ1v) is 7.37. The molecule has 2 atom stereocenters. The standard InChI is InChI=1S/C16H21N3O3/c17-14(20)9-19(10-15(18)21)16(22)13-7-6-12(8-13)11-4-2-1-3-5-11/h1-5,12-13H,6-10H2,(H2,17,20)(H2,18,21)/t12-,13-/m1/s1. The second-order valence-corrected chi connectivity index (χ2v) is 5.74. The van der Waals surface area contributed by atoms with Crippen LogP contribution in [0, 0.1) is 5.92 Å². The Morgan fingerprint density at radius 1 is 1.00 bits per heavy atom. The molecule has 1 aromatic carbocycles. The lowest BCUT2D eigenvalue weighted by Gasteiger charge is -2.23. The van der Waals surface area contributed by atoms with Crippen LogP contribution in [-0.4, -0.2) is 35.7 Å². The van der Waals surface area contributed by atoms with Gasteiger partial charge in [0.2, 0.25) is 17.7 Å². The number of nitrogens with two attached hydrogens (primary N) is 2. The highest BCUT2D eigenvalue weighted by Crippen LogP contribution is 2.38. The summed E-state index contributed by atoms with van der Waals surface area (Å²) < 4.78 is 0. The van der Waals surface area contributed by atoms with Gasteiger partial charge < -0.3 is 16.4 Å². The van der Waals surface area contributed by atoms with Gasteiger partial charge in [0.1, 0.15) is 0 Å². The van der Waals surface area contributed by atoms with Crippen molar-refractivity contribution < 1.29 is 14.4 Å². The fourth-order valence-corrected chi connectivity index (χ4v) is 3.08. The highest BCUT2D eigenvalue weighted by molar-refractivity contribution is 5.89. The van der Waals surface area contributed by atoms with Crippen LogP contribution in [0.1, 0.15) is 30.7 Å². The molecule has 2 rings (SSSR count). The first-order valence-electron chi connectivity index (χ1n) is 7.37. The third kappa shape index (κ3) is 4.07. The van der Waals surface area contributed by atoms with Crippen LogP contribution in [0.15, 0.2) is 30.3 Å². The van der Waals surface area contributed by atoms with Crippen molar-refractivity contribution in [2.75, 3.05) is 13.1 Å². The second-order valence-electron chi connectivity index (χ2n) is 5.74. The van der Waals surface area contributed by atoms with Gasteiger partial charge in [-0.1, -0.05) is 30.3 Å². The Balaban J connectivity index is 2.02. The normalized spacial score (nSPS) is 20.5. The molecule has 0 heterocycles. The molecule has 0 aliphatic heterocycles. The minimum absolute atomic E-state index is 0.191. The molecular formula is C16H21N3O3. The largest absolute Gasteiger partial charge is 0.368 e. The van der Waals surface area contributed by atoms with Gasteiger partial charge in [-0.05, 0) is 30.7 Å². The molecule has 118 valence electrons. The van der Waals surface area contributed by atoms with Crippen LogP contribution in [-0.2, 0) is 14.4 Å². The summed E-state index contributed by atoms with van der Waals surface area (Å²) in [6.45, 7) is -0.539. The van der Waals surface area contributed by atoms with Crippen molar-refractivity contribution in [2.24, 2.45) is 17.4 Å². The molecule has 6 heteroatoms. The molecule has 0 aromatic heterocycles. The molecule has 1 aliphatic carbocycles. The smallest absolute Gasteiger partial charge is 0.237 e. The van der Waals surface area contributed by atoms with Crippen LogP contribution in [0.25, 0.3) is 0 Å². The second kappa shape index (κ2) is 7.06. The number of benzene rings is 1. The van der Waals surface area contributed by atoms with Crippen LogP contribution in [0.5, 0.6) is 0 Å². The molecular weight excluding hydrogens is 282 g/mol. The van der Waals surface area contributed by atoms with E-state index in [4.69, 9.17) is 11.5 Å². The SMILES string of the molecule is NC(=O)CN(CC(N)=O)C(=O)[C@@H]1CC[C@@H](c2ccccc2)C1. The first-order chi connectivity index (χ1) is 10.5. The van der Waals surface area contributed by atoms with E-state index in [-0.39, 0.29) is 24.9 Å².